The summed E-state index contributed by atoms with van der Waals surface area (Å²) >= 11 is 5.77. The van der Waals surface area contributed by atoms with Crippen molar-refractivity contribution in [2.75, 3.05) is 13.7 Å². The molecular formula is C25H32ClN5O8. The summed E-state index contributed by atoms with van der Waals surface area (Å²) in [6.07, 6.45) is -0.135. The van der Waals surface area contributed by atoms with Crippen LogP contribution in [0, 0.1) is 16.0 Å². The number of carbonyl (C=O) groups excluding carboxylic acids is 4. The first-order valence-electron chi connectivity index (χ1n) is 12.2. The van der Waals surface area contributed by atoms with Gasteiger partial charge in [0, 0.05) is 17.8 Å². The van der Waals surface area contributed by atoms with Crippen LogP contribution in [0.4, 0.5) is 0 Å². The molecule has 0 bridgehead atoms. The van der Waals surface area contributed by atoms with Crippen molar-refractivity contribution in [2.45, 2.75) is 51.2 Å². The molecule has 1 aromatic heterocycles. The molecule has 0 radical (unpaired) electrons. The molecule has 0 aliphatic heterocycles. The van der Waals surface area contributed by atoms with Crippen LogP contribution in [-0.4, -0.2) is 70.3 Å². The minimum absolute atomic E-state index is 0.0507. The van der Waals surface area contributed by atoms with Gasteiger partial charge >= 0.3 is 5.97 Å². The normalized spacial score (nSPS) is 13.2. The Morgan fingerprint density at radius 3 is 2.21 bits per heavy atom. The second kappa shape index (κ2) is 14.7. The third kappa shape index (κ3) is 9.28. The highest BCUT2D eigenvalue weighted by Gasteiger charge is 2.32. The Bertz CT molecular complexity index is 1170. The Hall–Kier alpha value is -4.13. The van der Waals surface area contributed by atoms with Gasteiger partial charge in [0.05, 0.1) is 7.11 Å². The summed E-state index contributed by atoms with van der Waals surface area (Å²) in [6.45, 7) is 2.98. The molecule has 2 aromatic rings. The van der Waals surface area contributed by atoms with Crippen LogP contribution in [0.15, 0.2) is 42.5 Å². The van der Waals surface area contributed by atoms with Crippen molar-refractivity contribution in [1.29, 1.82) is 0 Å². The molecule has 0 aliphatic carbocycles. The van der Waals surface area contributed by atoms with Gasteiger partial charge in [0.15, 0.2) is 0 Å². The van der Waals surface area contributed by atoms with E-state index in [9.17, 15) is 34.5 Å². The smallest absolute Gasteiger partial charge is 0.328 e. The second-order valence-corrected chi connectivity index (χ2v) is 9.47. The Labute approximate surface area is 229 Å². The van der Waals surface area contributed by atoms with Crippen molar-refractivity contribution in [2.24, 2.45) is 5.92 Å². The van der Waals surface area contributed by atoms with E-state index in [1.165, 1.54) is 19.2 Å². The summed E-state index contributed by atoms with van der Waals surface area (Å²) < 4.78 is 5.20. The number of halogens is 1. The fourth-order valence-corrected chi connectivity index (χ4v) is 3.87. The number of esters is 1. The molecule has 0 spiro atoms. The molecule has 1 heterocycles. The first-order chi connectivity index (χ1) is 18.4. The maximum Gasteiger partial charge on any atom is 0.328 e. The zero-order valence-corrected chi connectivity index (χ0v) is 22.5. The third-order valence-corrected chi connectivity index (χ3v) is 6.12. The number of carbonyl (C=O) groups is 4. The number of amides is 3. The van der Waals surface area contributed by atoms with Gasteiger partial charge < -0.3 is 25.9 Å². The molecule has 0 unspecified atom stereocenters. The number of nitro groups is 1. The number of nitrogens with zero attached hydrogens (tertiary/aromatic N) is 2. The highest BCUT2D eigenvalue weighted by atomic mass is 35.5. The fourth-order valence-electron chi connectivity index (χ4n) is 3.71. The van der Waals surface area contributed by atoms with Crippen LogP contribution in [0.3, 0.4) is 0 Å². The maximum absolute atomic E-state index is 13.3. The SMILES string of the molecule is COC(=O)[C@@H](NC(=O)[C@H](Cc1ccccc1)NC(=O)[C@H](CCC[N+](=O)[O-])NC(=O)c1ccc(Cl)n1O)C(C)C. The largest absolute Gasteiger partial charge is 0.467 e. The molecule has 0 aliphatic rings. The average molecular weight is 566 g/mol. The molecule has 0 saturated heterocycles. The number of ether oxygens (including phenoxy) is 1. The van der Waals surface area contributed by atoms with Crippen LogP contribution in [0.5, 0.6) is 0 Å². The fraction of sp³-hybridized carbons (Fsp3) is 0.440. The third-order valence-electron chi connectivity index (χ3n) is 5.83. The Balaban J connectivity index is 2.29. The van der Waals surface area contributed by atoms with Gasteiger partial charge in [-0.25, -0.2) is 4.79 Å². The maximum atomic E-state index is 13.3. The van der Waals surface area contributed by atoms with E-state index in [1.54, 1.807) is 44.2 Å². The summed E-state index contributed by atoms with van der Waals surface area (Å²) in [6, 6.07) is 7.86. The Morgan fingerprint density at radius 1 is 1.03 bits per heavy atom. The van der Waals surface area contributed by atoms with E-state index in [1.807, 2.05) is 0 Å². The quantitative estimate of drug-likeness (QED) is 0.115. The van der Waals surface area contributed by atoms with Crippen molar-refractivity contribution in [1.82, 2.24) is 20.7 Å². The van der Waals surface area contributed by atoms with Gasteiger partial charge in [-0.2, -0.15) is 4.73 Å². The molecule has 2 rings (SSSR count). The minimum atomic E-state index is -1.29. The monoisotopic (exact) mass is 565 g/mol. The lowest BCUT2D eigenvalue weighted by Crippen LogP contribution is -2.57. The molecule has 13 nitrogen and oxygen atoms in total. The van der Waals surface area contributed by atoms with Gasteiger partial charge in [-0.15, -0.1) is 0 Å². The molecular weight excluding hydrogens is 534 g/mol. The molecule has 39 heavy (non-hydrogen) atoms. The number of hydrogen-bond donors (Lipinski definition) is 4. The lowest BCUT2D eigenvalue weighted by molar-refractivity contribution is -0.480. The lowest BCUT2D eigenvalue weighted by Gasteiger charge is -2.26. The molecule has 0 saturated carbocycles. The van der Waals surface area contributed by atoms with E-state index in [-0.39, 0.29) is 36.0 Å². The molecule has 0 fully saturated rings. The highest BCUT2D eigenvalue weighted by Crippen LogP contribution is 2.13. The van der Waals surface area contributed by atoms with Gasteiger partial charge in [-0.1, -0.05) is 55.8 Å². The number of benzene rings is 1. The van der Waals surface area contributed by atoms with Crippen LogP contribution in [0.1, 0.15) is 42.7 Å². The molecule has 1 aromatic carbocycles. The van der Waals surface area contributed by atoms with Gasteiger partial charge in [-0.05, 0) is 30.0 Å². The Morgan fingerprint density at radius 2 is 1.67 bits per heavy atom. The minimum Gasteiger partial charge on any atom is -0.467 e. The zero-order chi connectivity index (χ0) is 29.1. The average Bonchev–Trinajstić information content (AvgIpc) is 3.23. The van der Waals surface area contributed by atoms with Crippen LogP contribution in [0.2, 0.25) is 5.15 Å². The predicted octanol–water partition coefficient (Wildman–Crippen LogP) is 1.58. The van der Waals surface area contributed by atoms with E-state index in [0.717, 1.165) is 0 Å². The van der Waals surface area contributed by atoms with Gasteiger partial charge in [0.1, 0.15) is 29.0 Å². The zero-order valence-electron chi connectivity index (χ0n) is 21.8. The van der Waals surface area contributed by atoms with Crippen molar-refractivity contribution < 1.29 is 34.0 Å². The summed E-state index contributed by atoms with van der Waals surface area (Å²) in [4.78, 5) is 61.8. The molecule has 3 amide bonds. The molecule has 14 heteroatoms. The molecule has 3 atom stereocenters. The molecule has 4 N–H and O–H groups in total. The van der Waals surface area contributed by atoms with Crippen molar-refractivity contribution in [3.05, 3.63) is 69.0 Å². The van der Waals surface area contributed by atoms with E-state index >= 15 is 0 Å². The lowest BCUT2D eigenvalue weighted by atomic mass is 10.0. The summed E-state index contributed by atoms with van der Waals surface area (Å²) in [5.74, 6) is -3.28. The van der Waals surface area contributed by atoms with Crippen LogP contribution < -0.4 is 16.0 Å². The number of hydrogen-bond acceptors (Lipinski definition) is 8. The van der Waals surface area contributed by atoms with Gasteiger partial charge in [0.2, 0.25) is 18.4 Å². The number of aromatic nitrogens is 1. The number of methoxy groups -OCH3 is 1. The first-order valence-corrected chi connectivity index (χ1v) is 12.5. The summed E-state index contributed by atoms with van der Waals surface area (Å²) in [7, 11) is 1.20. The van der Waals surface area contributed by atoms with Crippen LogP contribution in [0.25, 0.3) is 0 Å². The van der Waals surface area contributed by atoms with Crippen LogP contribution in [-0.2, 0) is 25.5 Å². The number of nitrogens with one attached hydrogen (secondary N) is 3. The predicted molar refractivity (Wildman–Crippen MR) is 140 cm³/mol. The number of rotatable bonds is 14. The second-order valence-electron chi connectivity index (χ2n) is 9.08. The van der Waals surface area contributed by atoms with E-state index in [0.29, 0.717) is 10.3 Å². The van der Waals surface area contributed by atoms with Crippen molar-refractivity contribution in [3.8, 4) is 0 Å². The standard InChI is InChI=1S/C25H32ClN5O8/c1-15(2)21(25(35)39-3)29-23(33)18(14-16-8-5-4-6-9-16)28-22(32)17(10-7-13-30(36)37)27-24(34)19-11-12-20(26)31(19)38/h4-6,8-9,11-12,15,17-18,21,38H,7,10,13-14H2,1-3H3,(H,27,34)(H,28,32)(H,29,33)/t17-,18-,21-/m0/s1. The highest BCUT2D eigenvalue weighted by molar-refractivity contribution is 6.30. The summed E-state index contributed by atoms with van der Waals surface area (Å²) in [5, 5.41) is 28.3. The first kappa shape index (κ1) is 31.1. The van der Waals surface area contributed by atoms with E-state index in [4.69, 9.17) is 16.3 Å². The van der Waals surface area contributed by atoms with Crippen LogP contribution >= 0.6 is 11.6 Å². The van der Waals surface area contributed by atoms with Crippen molar-refractivity contribution >= 4 is 35.3 Å². The van der Waals surface area contributed by atoms with Gasteiger partial charge in [0.25, 0.3) is 5.91 Å². The van der Waals surface area contributed by atoms with Crippen molar-refractivity contribution in [3.63, 3.8) is 0 Å². The Kier molecular flexibility index (Phi) is 11.7. The van der Waals surface area contributed by atoms with Gasteiger partial charge in [-0.3, -0.25) is 24.5 Å². The van der Waals surface area contributed by atoms with E-state index in [2.05, 4.69) is 16.0 Å². The molecule has 212 valence electrons. The van der Waals surface area contributed by atoms with E-state index < -0.39 is 53.3 Å². The topological polar surface area (TPSA) is 182 Å². The summed E-state index contributed by atoms with van der Waals surface area (Å²) in [5.41, 5.74) is 0.447.